The highest BCUT2D eigenvalue weighted by molar-refractivity contribution is 5.28. The van der Waals surface area contributed by atoms with Crippen LogP contribution >= 0.6 is 0 Å². The number of nitrogens with one attached hydrogen (secondary N) is 1. The zero-order valence-corrected chi connectivity index (χ0v) is 14.0. The molecule has 1 aromatic carbocycles. The van der Waals surface area contributed by atoms with Crippen molar-refractivity contribution >= 4 is 0 Å². The third kappa shape index (κ3) is 6.09. The number of benzene rings is 1. The lowest BCUT2D eigenvalue weighted by molar-refractivity contribution is 0.506. The Hall–Kier alpha value is -0.820. The second-order valence-electron chi connectivity index (χ2n) is 6.45. The minimum Gasteiger partial charge on any atom is -0.317 e. The molecule has 20 heavy (non-hydrogen) atoms. The van der Waals surface area contributed by atoms with Gasteiger partial charge in [0.2, 0.25) is 0 Å². The molecule has 0 atom stereocenters. The van der Waals surface area contributed by atoms with Crippen LogP contribution in [-0.2, 0) is 11.8 Å². The average molecular weight is 275 g/mol. The van der Waals surface area contributed by atoms with Crippen molar-refractivity contribution in [3.63, 3.8) is 0 Å². The number of unbranched alkanes of at least 4 members (excludes halogenated alkanes) is 3. The molecule has 0 radical (unpaired) electrons. The SMILES string of the molecule is CCNCCCCCCc1ccc(C(C)(C)CC)cc1. The fraction of sp³-hybridized carbons (Fsp3) is 0.684. The van der Waals surface area contributed by atoms with E-state index in [9.17, 15) is 0 Å². The predicted octanol–water partition coefficient (Wildman–Crippen LogP) is 5.09. The van der Waals surface area contributed by atoms with Gasteiger partial charge in [0, 0.05) is 0 Å². The van der Waals surface area contributed by atoms with Gasteiger partial charge < -0.3 is 5.32 Å². The van der Waals surface area contributed by atoms with E-state index in [2.05, 4.69) is 57.3 Å². The summed E-state index contributed by atoms with van der Waals surface area (Å²) >= 11 is 0. The van der Waals surface area contributed by atoms with Crippen molar-refractivity contribution in [1.29, 1.82) is 0 Å². The summed E-state index contributed by atoms with van der Waals surface area (Å²) in [5.41, 5.74) is 3.27. The molecule has 1 N–H and O–H groups in total. The second kappa shape index (κ2) is 9.18. The second-order valence-corrected chi connectivity index (χ2v) is 6.45. The van der Waals surface area contributed by atoms with Crippen LogP contribution in [0, 0.1) is 0 Å². The summed E-state index contributed by atoms with van der Waals surface area (Å²) < 4.78 is 0. The maximum atomic E-state index is 3.38. The van der Waals surface area contributed by atoms with Gasteiger partial charge in [0.15, 0.2) is 0 Å². The molecule has 1 aromatic rings. The average Bonchev–Trinajstić information content (AvgIpc) is 2.47. The van der Waals surface area contributed by atoms with Gasteiger partial charge in [-0.15, -0.1) is 0 Å². The molecule has 0 bridgehead atoms. The summed E-state index contributed by atoms with van der Waals surface area (Å²) in [4.78, 5) is 0. The van der Waals surface area contributed by atoms with Gasteiger partial charge in [0.1, 0.15) is 0 Å². The molecule has 0 aliphatic rings. The number of hydrogen-bond donors (Lipinski definition) is 1. The standard InChI is InChI=1S/C19H33N/c1-5-19(3,4)18-14-12-17(13-15-18)11-9-7-8-10-16-20-6-2/h12-15,20H,5-11,16H2,1-4H3. The highest BCUT2D eigenvalue weighted by atomic mass is 14.8. The Kier molecular flexibility index (Phi) is 7.91. The zero-order chi connectivity index (χ0) is 14.8. The molecule has 0 fully saturated rings. The maximum Gasteiger partial charge on any atom is -0.00490 e. The molecule has 0 unspecified atom stereocenters. The Bertz CT molecular complexity index is 351. The van der Waals surface area contributed by atoms with E-state index in [1.165, 1.54) is 56.2 Å². The van der Waals surface area contributed by atoms with Gasteiger partial charge in [-0.05, 0) is 55.3 Å². The molecule has 0 heterocycles. The highest BCUT2D eigenvalue weighted by Gasteiger charge is 2.17. The molecule has 0 saturated carbocycles. The van der Waals surface area contributed by atoms with Gasteiger partial charge in [-0.1, -0.05) is 64.8 Å². The van der Waals surface area contributed by atoms with Gasteiger partial charge >= 0.3 is 0 Å². The van der Waals surface area contributed by atoms with Crippen LogP contribution in [0.25, 0.3) is 0 Å². The predicted molar refractivity (Wildman–Crippen MR) is 90.5 cm³/mol. The van der Waals surface area contributed by atoms with E-state index in [1.54, 1.807) is 0 Å². The van der Waals surface area contributed by atoms with Crippen molar-refractivity contribution in [2.75, 3.05) is 13.1 Å². The summed E-state index contributed by atoms with van der Waals surface area (Å²) in [6, 6.07) is 9.30. The Morgan fingerprint density at radius 3 is 2.15 bits per heavy atom. The van der Waals surface area contributed by atoms with Crippen molar-refractivity contribution in [2.45, 2.75) is 71.6 Å². The van der Waals surface area contributed by atoms with Crippen molar-refractivity contribution < 1.29 is 0 Å². The Morgan fingerprint density at radius 1 is 0.900 bits per heavy atom. The monoisotopic (exact) mass is 275 g/mol. The van der Waals surface area contributed by atoms with Crippen molar-refractivity contribution in [3.05, 3.63) is 35.4 Å². The van der Waals surface area contributed by atoms with Crippen molar-refractivity contribution in [2.24, 2.45) is 0 Å². The molecular formula is C19H33N. The summed E-state index contributed by atoms with van der Waals surface area (Å²) in [6.07, 6.45) is 7.77. The van der Waals surface area contributed by atoms with Crippen LogP contribution in [0.2, 0.25) is 0 Å². The first-order chi connectivity index (χ1) is 9.60. The lowest BCUT2D eigenvalue weighted by Gasteiger charge is -2.23. The molecule has 0 spiro atoms. The van der Waals surface area contributed by atoms with E-state index in [4.69, 9.17) is 0 Å². The van der Waals surface area contributed by atoms with Gasteiger partial charge in [-0.2, -0.15) is 0 Å². The smallest absolute Gasteiger partial charge is 0.00490 e. The number of hydrogen-bond acceptors (Lipinski definition) is 1. The summed E-state index contributed by atoms with van der Waals surface area (Å²) in [5, 5.41) is 3.38. The Morgan fingerprint density at radius 2 is 1.55 bits per heavy atom. The molecular weight excluding hydrogens is 242 g/mol. The van der Waals surface area contributed by atoms with Crippen LogP contribution in [0.3, 0.4) is 0 Å². The topological polar surface area (TPSA) is 12.0 Å². The quantitative estimate of drug-likeness (QED) is 0.587. The minimum absolute atomic E-state index is 0.310. The van der Waals surface area contributed by atoms with Gasteiger partial charge in [-0.25, -0.2) is 0 Å². The van der Waals surface area contributed by atoms with E-state index in [1.807, 2.05) is 0 Å². The molecule has 0 saturated heterocycles. The van der Waals surface area contributed by atoms with Crippen molar-refractivity contribution in [1.82, 2.24) is 5.32 Å². The summed E-state index contributed by atoms with van der Waals surface area (Å²) in [6.45, 7) is 11.4. The van der Waals surface area contributed by atoms with Crippen LogP contribution in [-0.4, -0.2) is 13.1 Å². The van der Waals surface area contributed by atoms with Gasteiger partial charge in [-0.3, -0.25) is 0 Å². The normalized spacial score (nSPS) is 11.8. The van der Waals surface area contributed by atoms with E-state index in [-0.39, 0.29) is 0 Å². The third-order valence-electron chi connectivity index (χ3n) is 4.44. The Labute approximate surface area is 126 Å². The maximum absolute atomic E-state index is 3.38. The van der Waals surface area contributed by atoms with Crippen LogP contribution in [0.15, 0.2) is 24.3 Å². The molecule has 1 nitrogen and oxygen atoms in total. The van der Waals surface area contributed by atoms with E-state index in [0.717, 1.165) is 6.54 Å². The van der Waals surface area contributed by atoms with Crippen LogP contribution in [0.5, 0.6) is 0 Å². The lowest BCUT2D eigenvalue weighted by Crippen LogP contribution is -2.15. The van der Waals surface area contributed by atoms with Crippen LogP contribution in [0.4, 0.5) is 0 Å². The van der Waals surface area contributed by atoms with Crippen LogP contribution < -0.4 is 5.32 Å². The first kappa shape index (κ1) is 17.2. The molecule has 1 rings (SSSR count). The lowest BCUT2D eigenvalue weighted by atomic mass is 9.82. The van der Waals surface area contributed by atoms with Gasteiger partial charge in [0.25, 0.3) is 0 Å². The molecule has 114 valence electrons. The fourth-order valence-electron chi connectivity index (χ4n) is 2.44. The summed E-state index contributed by atoms with van der Waals surface area (Å²) in [7, 11) is 0. The Balaban J connectivity index is 2.25. The molecule has 1 heteroatoms. The first-order valence-electron chi connectivity index (χ1n) is 8.40. The number of aryl methyl sites for hydroxylation is 1. The highest BCUT2D eigenvalue weighted by Crippen LogP contribution is 2.26. The van der Waals surface area contributed by atoms with E-state index >= 15 is 0 Å². The fourth-order valence-corrected chi connectivity index (χ4v) is 2.44. The van der Waals surface area contributed by atoms with E-state index in [0.29, 0.717) is 5.41 Å². The zero-order valence-electron chi connectivity index (χ0n) is 14.0. The third-order valence-corrected chi connectivity index (χ3v) is 4.44. The molecule has 0 aliphatic carbocycles. The summed E-state index contributed by atoms with van der Waals surface area (Å²) in [5.74, 6) is 0. The number of rotatable bonds is 10. The van der Waals surface area contributed by atoms with Crippen molar-refractivity contribution in [3.8, 4) is 0 Å². The molecule has 0 aliphatic heterocycles. The largest absolute Gasteiger partial charge is 0.317 e. The first-order valence-corrected chi connectivity index (χ1v) is 8.40. The van der Waals surface area contributed by atoms with Gasteiger partial charge in [0.05, 0.1) is 0 Å². The molecule has 0 amide bonds. The van der Waals surface area contributed by atoms with E-state index < -0.39 is 0 Å². The minimum atomic E-state index is 0.310. The van der Waals surface area contributed by atoms with Crippen LogP contribution in [0.1, 0.15) is 70.9 Å². The molecule has 0 aromatic heterocycles.